The zero-order valence-corrected chi connectivity index (χ0v) is 15.6. The van der Waals surface area contributed by atoms with Crippen LogP contribution in [0.15, 0.2) is 60.7 Å². The molecule has 2 atom stereocenters. The molecule has 5 nitrogen and oxygen atoms in total. The lowest BCUT2D eigenvalue weighted by Gasteiger charge is -2.27. The molecule has 1 amide bonds. The zero-order chi connectivity index (χ0) is 18.8. The second kappa shape index (κ2) is 7.37. The van der Waals surface area contributed by atoms with Crippen molar-refractivity contribution < 1.29 is 4.79 Å². The molecule has 5 heteroatoms. The molecule has 2 aromatic carbocycles. The fraction of sp³-hybridized carbons (Fsp3) is 0.273. The Balaban J connectivity index is 1.54. The monoisotopic (exact) mass is 360 g/mol. The van der Waals surface area contributed by atoms with E-state index >= 15 is 0 Å². The summed E-state index contributed by atoms with van der Waals surface area (Å²) in [5.74, 6) is 0.300. The van der Waals surface area contributed by atoms with Crippen molar-refractivity contribution >= 4 is 5.91 Å². The minimum absolute atomic E-state index is 0.0527. The lowest BCUT2D eigenvalue weighted by molar-refractivity contribution is 0.0900. The second-order valence-corrected chi connectivity index (χ2v) is 7.17. The van der Waals surface area contributed by atoms with E-state index in [1.54, 1.807) is 0 Å². The van der Waals surface area contributed by atoms with Gasteiger partial charge in [-0.2, -0.15) is 5.10 Å². The van der Waals surface area contributed by atoms with Crippen LogP contribution in [0.1, 0.15) is 40.6 Å². The van der Waals surface area contributed by atoms with Gasteiger partial charge in [0.25, 0.3) is 5.91 Å². The van der Waals surface area contributed by atoms with Crippen molar-refractivity contribution in [1.29, 1.82) is 0 Å². The maximum absolute atomic E-state index is 12.3. The van der Waals surface area contributed by atoms with Gasteiger partial charge >= 0.3 is 0 Å². The summed E-state index contributed by atoms with van der Waals surface area (Å²) in [5, 5.41) is 11.2. The largest absolute Gasteiger partial charge is 0.347 e. The van der Waals surface area contributed by atoms with Crippen LogP contribution in [0.5, 0.6) is 0 Å². The van der Waals surface area contributed by atoms with Crippen LogP contribution in [0.4, 0.5) is 0 Å². The molecule has 0 saturated carbocycles. The highest BCUT2D eigenvalue weighted by Crippen LogP contribution is 2.23. The van der Waals surface area contributed by atoms with Crippen LogP contribution in [-0.4, -0.2) is 28.8 Å². The Morgan fingerprint density at radius 1 is 1.19 bits per heavy atom. The SMILES string of the molecule is Cc1ccc(-c2cc3n(n2)[C@H](NC[C@@H](C)c2ccccc2)CNC3=O)cc1. The number of aryl methyl sites for hydroxylation is 1. The van der Waals surface area contributed by atoms with E-state index in [0.717, 1.165) is 17.8 Å². The van der Waals surface area contributed by atoms with Gasteiger partial charge in [-0.15, -0.1) is 0 Å². The molecule has 2 heterocycles. The second-order valence-electron chi connectivity index (χ2n) is 7.17. The summed E-state index contributed by atoms with van der Waals surface area (Å²) in [7, 11) is 0. The first-order valence-corrected chi connectivity index (χ1v) is 9.35. The van der Waals surface area contributed by atoms with Gasteiger partial charge in [-0.25, -0.2) is 4.68 Å². The van der Waals surface area contributed by atoms with Gasteiger partial charge in [-0.3, -0.25) is 10.1 Å². The molecule has 138 valence electrons. The van der Waals surface area contributed by atoms with Gasteiger partial charge in [0.1, 0.15) is 11.9 Å². The van der Waals surface area contributed by atoms with Gasteiger partial charge in [-0.05, 0) is 24.5 Å². The standard InChI is InChI=1S/C22H24N4O/c1-15-8-10-18(11-9-15)19-12-20-22(27)24-14-21(26(20)25-19)23-13-16(2)17-6-4-3-5-7-17/h3-12,16,21,23H,13-14H2,1-2H3,(H,24,27)/t16-,21+/m1/s1. The molecule has 1 aliphatic heterocycles. The molecule has 0 radical (unpaired) electrons. The molecule has 3 aromatic rings. The summed E-state index contributed by atoms with van der Waals surface area (Å²) >= 11 is 0. The first-order valence-electron chi connectivity index (χ1n) is 9.35. The summed E-state index contributed by atoms with van der Waals surface area (Å²) in [5.41, 5.74) is 4.94. The average molecular weight is 360 g/mol. The third-order valence-electron chi connectivity index (χ3n) is 5.10. The third-order valence-corrected chi connectivity index (χ3v) is 5.10. The molecule has 1 aliphatic rings. The molecule has 27 heavy (non-hydrogen) atoms. The van der Waals surface area contributed by atoms with Crippen molar-refractivity contribution in [3.63, 3.8) is 0 Å². The van der Waals surface area contributed by atoms with Crippen LogP contribution in [0, 0.1) is 6.92 Å². The molecule has 0 fully saturated rings. The van der Waals surface area contributed by atoms with Gasteiger partial charge in [0.05, 0.1) is 12.2 Å². The Labute approximate surface area is 159 Å². The van der Waals surface area contributed by atoms with E-state index in [4.69, 9.17) is 5.10 Å². The normalized spacial score (nSPS) is 17.3. The van der Waals surface area contributed by atoms with E-state index in [-0.39, 0.29) is 12.1 Å². The Hall–Kier alpha value is -2.92. The van der Waals surface area contributed by atoms with Crippen molar-refractivity contribution in [2.24, 2.45) is 0 Å². The quantitative estimate of drug-likeness (QED) is 0.732. The first kappa shape index (κ1) is 17.5. The lowest BCUT2D eigenvalue weighted by atomic mass is 10.0. The number of hydrogen-bond donors (Lipinski definition) is 2. The number of aromatic nitrogens is 2. The van der Waals surface area contributed by atoms with Gasteiger partial charge in [0.15, 0.2) is 0 Å². The Morgan fingerprint density at radius 3 is 2.67 bits per heavy atom. The predicted octanol–water partition coefficient (Wildman–Crippen LogP) is 3.49. The maximum atomic E-state index is 12.3. The summed E-state index contributed by atoms with van der Waals surface area (Å²) in [6.45, 7) is 5.60. The van der Waals surface area contributed by atoms with Gasteiger partial charge in [-0.1, -0.05) is 67.1 Å². The summed E-state index contributed by atoms with van der Waals surface area (Å²) in [6.07, 6.45) is -0.0527. The lowest BCUT2D eigenvalue weighted by Crippen LogP contribution is -2.46. The molecule has 0 saturated heterocycles. The van der Waals surface area contributed by atoms with E-state index in [1.807, 2.05) is 28.9 Å². The molecule has 0 unspecified atom stereocenters. The average Bonchev–Trinajstić information content (AvgIpc) is 3.15. The minimum atomic E-state index is -0.0741. The van der Waals surface area contributed by atoms with Gasteiger partial charge in [0, 0.05) is 12.1 Å². The van der Waals surface area contributed by atoms with Crippen LogP contribution in [-0.2, 0) is 0 Å². The van der Waals surface area contributed by atoms with Crippen LogP contribution >= 0.6 is 0 Å². The van der Waals surface area contributed by atoms with E-state index in [0.29, 0.717) is 18.2 Å². The molecule has 2 N–H and O–H groups in total. The number of benzene rings is 2. The van der Waals surface area contributed by atoms with Crippen LogP contribution in [0.25, 0.3) is 11.3 Å². The number of amides is 1. The third kappa shape index (κ3) is 3.64. The Morgan fingerprint density at radius 2 is 1.93 bits per heavy atom. The maximum Gasteiger partial charge on any atom is 0.269 e. The number of rotatable bonds is 5. The van der Waals surface area contributed by atoms with Gasteiger partial charge in [0.2, 0.25) is 0 Å². The summed E-state index contributed by atoms with van der Waals surface area (Å²) < 4.78 is 1.83. The van der Waals surface area contributed by atoms with E-state index in [9.17, 15) is 4.79 Å². The highest BCUT2D eigenvalue weighted by molar-refractivity contribution is 5.94. The molecule has 1 aromatic heterocycles. The predicted molar refractivity (Wildman–Crippen MR) is 107 cm³/mol. The zero-order valence-electron chi connectivity index (χ0n) is 15.6. The van der Waals surface area contributed by atoms with Crippen LogP contribution in [0.3, 0.4) is 0 Å². The molecular formula is C22H24N4O. The molecular weight excluding hydrogens is 336 g/mol. The minimum Gasteiger partial charge on any atom is -0.347 e. The van der Waals surface area contributed by atoms with E-state index < -0.39 is 0 Å². The van der Waals surface area contributed by atoms with Crippen molar-refractivity contribution in [2.75, 3.05) is 13.1 Å². The van der Waals surface area contributed by atoms with Crippen molar-refractivity contribution in [2.45, 2.75) is 25.9 Å². The highest BCUT2D eigenvalue weighted by Gasteiger charge is 2.27. The topological polar surface area (TPSA) is 59.0 Å². The first-order chi connectivity index (χ1) is 13.1. The molecule has 0 spiro atoms. The van der Waals surface area contributed by atoms with Crippen molar-refractivity contribution in [3.05, 3.63) is 77.5 Å². The fourth-order valence-corrected chi connectivity index (χ4v) is 3.40. The van der Waals surface area contributed by atoms with Gasteiger partial charge < -0.3 is 5.32 Å². The van der Waals surface area contributed by atoms with E-state index in [2.05, 4.69) is 60.9 Å². The Kier molecular flexibility index (Phi) is 4.77. The summed E-state index contributed by atoms with van der Waals surface area (Å²) in [4.78, 5) is 12.3. The van der Waals surface area contributed by atoms with Crippen molar-refractivity contribution in [1.82, 2.24) is 20.4 Å². The molecule has 0 bridgehead atoms. The molecule has 0 aliphatic carbocycles. The number of fused-ring (bicyclic) bond motifs is 1. The number of nitrogens with one attached hydrogen (secondary N) is 2. The van der Waals surface area contributed by atoms with Crippen LogP contribution in [0.2, 0.25) is 0 Å². The number of carbonyl (C=O) groups is 1. The number of carbonyl (C=O) groups excluding carboxylic acids is 1. The number of nitrogens with zero attached hydrogens (tertiary/aromatic N) is 2. The Bertz CT molecular complexity index is 931. The smallest absolute Gasteiger partial charge is 0.269 e. The van der Waals surface area contributed by atoms with E-state index in [1.165, 1.54) is 11.1 Å². The fourth-order valence-electron chi connectivity index (χ4n) is 3.40. The van der Waals surface area contributed by atoms with Crippen molar-refractivity contribution in [3.8, 4) is 11.3 Å². The molecule has 4 rings (SSSR count). The number of hydrogen-bond acceptors (Lipinski definition) is 3. The highest BCUT2D eigenvalue weighted by atomic mass is 16.2. The summed E-state index contributed by atoms with van der Waals surface area (Å²) in [6, 6.07) is 20.5. The van der Waals surface area contributed by atoms with Crippen LogP contribution < -0.4 is 10.6 Å².